The molecular weight excluding hydrogens is 264 g/mol. The molecule has 0 fully saturated rings. The van der Waals surface area contributed by atoms with Crippen molar-refractivity contribution in [3.05, 3.63) is 0 Å². The monoisotopic (exact) mass is 272 g/mol. The minimum Gasteiger partial charge on any atom is -0.480 e. The first-order valence-corrected chi connectivity index (χ1v) is 4.93. The molecule has 0 rings (SSSR count). The smallest absolute Gasteiger partial charge is 0.318 e. The normalized spacial score (nSPS) is 16.3. The molecule has 0 heterocycles. The van der Waals surface area contributed by atoms with Crippen molar-refractivity contribution in [2.45, 2.75) is 29.4 Å². The lowest BCUT2D eigenvalue weighted by Crippen LogP contribution is -2.23. The summed E-state index contributed by atoms with van der Waals surface area (Å²) in [5, 5.41) is 8.50. The van der Waals surface area contributed by atoms with Crippen molar-refractivity contribution in [2.24, 2.45) is 0 Å². The molecule has 2 nitrogen and oxygen atoms in total. The fourth-order valence-corrected chi connectivity index (χ4v) is 1.53. The Kier molecular flexibility index (Phi) is 5.35. The van der Waals surface area contributed by atoms with Crippen molar-refractivity contribution in [3.63, 3.8) is 0 Å². The first-order chi connectivity index (χ1) is 4.59. The lowest BCUT2D eigenvalue weighted by Gasteiger charge is -2.10. The minimum absolute atomic E-state index is 0.0370. The average molecular weight is 274 g/mol. The Bertz CT molecular complexity index is 116. The van der Waals surface area contributed by atoms with Gasteiger partial charge in [0.25, 0.3) is 0 Å². The number of carboxylic acid groups (broad SMARTS) is 1. The number of hydrogen-bond acceptors (Lipinski definition) is 1. The number of carbonyl (C=O) groups is 1. The van der Waals surface area contributed by atoms with Crippen LogP contribution in [0.25, 0.3) is 0 Å². The molecule has 0 aromatic carbocycles. The first-order valence-electron chi connectivity index (χ1n) is 3.10. The Morgan fingerprint density at radius 2 is 2.10 bits per heavy atom. The molecular formula is C6H10Br2O2. The predicted octanol–water partition coefficient (Wildman–Crippen LogP) is 2.40. The van der Waals surface area contributed by atoms with Gasteiger partial charge >= 0.3 is 5.97 Å². The maximum Gasteiger partial charge on any atom is 0.318 e. The maximum absolute atomic E-state index is 10.3. The zero-order chi connectivity index (χ0) is 8.15. The van der Waals surface area contributed by atoms with E-state index in [4.69, 9.17) is 5.11 Å². The highest BCUT2D eigenvalue weighted by molar-refractivity contribution is 9.12. The van der Waals surface area contributed by atoms with Crippen molar-refractivity contribution >= 4 is 37.8 Å². The van der Waals surface area contributed by atoms with Gasteiger partial charge in [-0.2, -0.15) is 0 Å². The summed E-state index contributed by atoms with van der Waals surface area (Å²) in [6, 6.07) is 0. The lowest BCUT2D eigenvalue weighted by atomic mass is 10.2. The Labute approximate surface area is 77.3 Å². The molecule has 0 amide bonds. The maximum atomic E-state index is 10.3. The van der Waals surface area contributed by atoms with E-state index in [1.165, 1.54) is 0 Å². The van der Waals surface area contributed by atoms with E-state index in [-0.39, 0.29) is 4.83 Å². The highest BCUT2D eigenvalue weighted by Gasteiger charge is 2.21. The molecule has 0 aromatic heterocycles. The molecule has 0 aliphatic carbocycles. The van der Waals surface area contributed by atoms with Crippen LogP contribution in [0.5, 0.6) is 0 Å². The first kappa shape index (κ1) is 10.4. The fourth-order valence-electron chi connectivity index (χ4n) is 0.577. The Morgan fingerprint density at radius 1 is 1.60 bits per heavy atom. The van der Waals surface area contributed by atoms with E-state index in [1.807, 2.05) is 6.92 Å². The third-order valence-corrected chi connectivity index (χ3v) is 3.84. The summed E-state index contributed by atoms with van der Waals surface area (Å²) in [5.41, 5.74) is 0. The van der Waals surface area contributed by atoms with Crippen LogP contribution in [0, 0.1) is 0 Å². The van der Waals surface area contributed by atoms with Crippen LogP contribution < -0.4 is 0 Å². The molecule has 0 radical (unpaired) electrons. The van der Waals surface area contributed by atoms with Crippen LogP contribution in [0.2, 0.25) is 0 Å². The van der Waals surface area contributed by atoms with Gasteiger partial charge in [-0.25, -0.2) is 0 Å². The van der Waals surface area contributed by atoms with E-state index in [0.29, 0.717) is 0 Å². The second-order valence-corrected chi connectivity index (χ2v) is 4.21. The Balaban J connectivity index is 3.69. The molecule has 0 saturated heterocycles. The number of halogens is 2. The SMILES string of the molecule is CCC[C@@H](Br)[C@H](Br)C(=O)O. The molecule has 0 unspecified atom stereocenters. The summed E-state index contributed by atoms with van der Waals surface area (Å²) in [4.78, 5) is 9.91. The molecule has 0 aliphatic heterocycles. The summed E-state index contributed by atoms with van der Waals surface area (Å²) >= 11 is 6.34. The van der Waals surface area contributed by atoms with Crippen molar-refractivity contribution in [3.8, 4) is 0 Å². The van der Waals surface area contributed by atoms with Gasteiger partial charge in [-0.05, 0) is 6.42 Å². The zero-order valence-electron chi connectivity index (χ0n) is 5.68. The van der Waals surface area contributed by atoms with Crippen LogP contribution >= 0.6 is 31.9 Å². The number of alkyl halides is 2. The molecule has 4 heteroatoms. The molecule has 1 N–H and O–H groups in total. The molecule has 0 bridgehead atoms. The topological polar surface area (TPSA) is 37.3 Å². The quantitative estimate of drug-likeness (QED) is 0.799. The van der Waals surface area contributed by atoms with E-state index >= 15 is 0 Å². The fraction of sp³-hybridized carbons (Fsp3) is 0.833. The van der Waals surface area contributed by atoms with Crippen LogP contribution in [0.3, 0.4) is 0 Å². The average Bonchev–Trinajstić information content (AvgIpc) is 1.87. The molecule has 0 aromatic rings. The van der Waals surface area contributed by atoms with Gasteiger partial charge in [0.1, 0.15) is 4.83 Å². The Morgan fingerprint density at radius 3 is 2.40 bits per heavy atom. The van der Waals surface area contributed by atoms with Gasteiger partial charge in [-0.1, -0.05) is 45.2 Å². The van der Waals surface area contributed by atoms with E-state index < -0.39 is 10.8 Å². The van der Waals surface area contributed by atoms with Gasteiger partial charge in [-0.15, -0.1) is 0 Å². The second-order valence-electron chi connectivity index (χ2n) is 2.04. The van der Waals surface area contributed by atoms with Gasteiger partial charge in [0.15, 0.2) is 0 Å². The standard InChI is InChI=1S/C6H10Br2O2/c1-2-3-4(7)5(8)6(9)10/h4-5H,2-3H2,1H3,(H,9,10)/t4-,5+/m1/s1. The van der Waals surface area contributed by atoms with Crippen LogP contribution in [0.1, 0.15) is 19.8 Å². The molecule has 0 saturated carbocycles. The van der Waals surface area contributed by atoms with E-state index in [2.05, 4.69) is 31.9 Å². The van der Waals surface area contributed by atoms with Gasteiger partial charge in [0.2, 0.25) is 0 Å². The van der Waals surface area contributed by atoms with E-state index in [9.17, 15) is 4.79 Å². The van der Waals surface area contributed by atoms with Crippen molar-refractivity contribution < 1.29 is 9.90 Å². The lowest BCUT2D eigenvalue weighted by molar-refractivity contribution is -0.136. The predicted molar refractivity (Wildman–Crippen MR) is 48.0 cm³/mol. The van der Waals surface area contributed by atoms with E-state index in [0.717, 1.165) is 12.8 Å². The van der Waals surface area contributed by atoms with Crippen molar-refractivity contribution in [2.75, 3.05) is 0 Å². The van der Waals surface area contributed by atoms with Crippen molar-refractivity contribution in [1.29, 1.82) is 0 Å². The van der Waals surface area contributed by atoms with Crippen LogP contribution in [0.15, 0.2) is 0 Å². The summed E-state index contributed by atoms with van der Waals surface area (Å²) < 4.78 is 0. The van der Waals surface area contributed by atoms with E-state index in [1.54, 1.807) is 0 Å². The van der Waals surface area contributed by atoms with Gasteiger partial charge < -0.3 is 5.11 Å². The van der Waals surface area contributed by atoms with Crippen LogP contribution in [-0.2, 0) is 4.79 Å². The van der Waals surface area contributed by atoms with Gasteiger partial charge in [0, 0.05) is 4.83 Å². The third kappa shape index (κ3) is 3.56. The molecule has 2 atom stereocenters. The molecule has 0 spiro atoms. The zero-order valence-corrected chi connectivity index (χ0v) is 8.85. The number of carboxylic acids is 1. The second kappa shape index (κ2) is 5.13. The summed E-state index contributed by atoms with van der Waals surface area (Å²) in [5.74, 6) is -0.810. The summed E-state index contributed by atoms with van der Waals surface area (Å²) in [6.07, 6.45) is 1.87. The highest BCUT2D eigenvalue weighted by atomic mass is 79.9. The number of rotatable bonds is 4. The molecule has 0 aliphatic rings. The minimum atomic E-state index is -0.810. The van der Waals surface area contributed by atoms with Crippen LogP contribution in [-0.4, -0.2) is 20.7 Å². The Hall–Kier alpha value is 0.430. The third-order valence-electron chi connectivity index (χ3n) is 1.12. The highest BCUT2D eigenvalue weighted by Crippen LogP contribution is 2.18. The number of hydrogen-bond donors (Lipinski definition) is 1. The van der Waals surface area contributed by atoms with Crippen LogP contribution in [0.4, 0.5) is 0 Å². The molecule has 10 heavy (non-hydrogen) atoms. The van der Waals surface area contributed by atoms with Gasteiger partial charge in [0.05, 0.1) is 0 Å². The molecule has 60 valence electrons. The summed E-state index contributed by atoms with van der Waals surface area (Å²) in [6.45, 7) is 2.02. The summed E-state index contributed by atoms with van der Waals surface area (Å²) in [7, 11) is 0. The largest absolute Gasteiger partial charge is 0.480 e. The van der Waals surface area contributed by atoms with Gasteiger partial charge in [-0.3, -0.25) is 4.79 Å². The number of aliphatic carboxylic acids is 1. The van der Waals surface area contributed by atoms with Crippen molar-refractivity contribution in [1.82, 2.24) is 0 Å².